The molecule has 0 aliphatic heterocycles. The molecule has 3 nitrogen and oxygen atoms in total. The van der Waals surface area contributed by atoms with Gasteiger partial charge in [-0.3, -0.25) is 0 Å². The van der Waals surface area contributed by atoms with Gasteiger partial charge in [-0.1, -0.05) is 55.4 Å². The van der Waals surface area contributed by atoms with E-state index in [1.165, 1.54) is 0 Å². The SMILES string of the molecule is CC(C)c1cn([Si](C(C)C)(C(C)C)C(C)C)cc1B(O)O. The zero-order chi connectivity index (χ0) is 16.5. The molecule has 21 heavy (non-hydrogen) atoms. The minimum Gasteiger partial charge on any atom is -0.423 e. The van der Waals surface area contributed by atoms with Crippen LogP contribution >= 0.6 is 0 Å². The highest BCUT2D eigenvalue weighted by Crippen LogP contribution is 2.42. The fourth-order valence-electron chi connectivity index (χ4n) is 4.30. The lowest BCUT2D eigenvalue weighted by Gasteiger charge is -2.44. The van der Waals surface area contributed by atoms with Gasteiger partial charge in [0, 0.05) is 5.46 Å². The van der Waals surface area contributed by atoms with Gasteiger partial charge in [0.15, 0.2) is 8.24 Å². The van der Waals surface area contributed by atoms with Gasteiger partial charge in [0.05, 0.1) is 0 Å². The lowest BCUT2D eigenvalue weighted by Crippen LogP contribution is -2.51. The van der Waals surface area contributed by atoms with Crippen LogP contribution < -0.4 is 5.46 Å². The third-order valence-electron chi connectivity index (χ3n) is 5.01. The Labute approximate surface area is 131 Å². The lowest BCUT2D eigenvalue weighted by atomic mass is 9.77. The molecule has 0 amide bonds. The second kappa shape index (κ2) is 6.71. The lowest BCUT2D eigenvalue weighted by molar-refractivity contribution is 0.425. The molecule has 0 saturated heterocycles. The Balaban J connectivity index is 3.56. The third-order valence-corrected chi connectivity index (χ3v) is 11.7. The van der Waals surface area contributed by atoms with E-state index in [2.05, 4.69) is 65.8 Å². The Kier molecular flexibility index (Phi) is 5.92. The Morgan fingerprint density at radius 1 is 0.857 bits per heavy atom. The van der Waals surface area contributed by atoms with Crippen LogP contribution in [0.1, 0.15) is 66.9 Å². The molecule has 0 radical (unpaired) electrons. The molecule has 0 bridgehead atoms. The molecule has 0 saturated carbocycles. The summed E-state index contributed by atoms with van der Waals surface area (Å²) in [6.07, 6.45) is 4.19. The smallest absolute Gasteiger partial charge is 0.423 e. The average Bonchev–Trinajstić information content (AvgIpc) is 2.73. The average molecular weight is 309 g/mol. The minimum atomic E-state index is -1.81. The molecule has 0 atom stereocenters. The molecule has 2 N–H and O–H groups in total. The van der Waals surface area contributed by atoms with E-state index in [-0.39, 0.29) is 0 Å². The Hall–Kier alpha value is -0.518. The third kappa shape index (κ3) is 3.15. The van der Waals surface area contributed by atoms with E-state index >= 15 is 0 Å². The molecule has 0 aromatic carbocycles. The second-order valence-corrected chi connectivity index (χ2v) is 13.2. The molecule has 1 heterocycles. The maximum atomic E-state index is 9.71. The summed E-state index contributed by atoms with van der Waals surface area (Å²) in [5, 5.41) is 19.4. The van der Waals surface area contributed by atoms with Crippen LogP contribution in [0.5, 0.6) is 0 Å². The van der Waals surface area contributed by atoms with Crippen molar-refractivity contribution in [3.8, 4) is 0 Å². The topological polar surface area (TPSA) is 45.4 Å². The van der Waals surface area contributed by atoms with E-state index < -0.39 is 15.4 Å². The van der Waals surface area contributed by atoms with Gasteiger partial charge in [0.1, 0.15) is 0 Å². The van der Waals surface area contributed by atoms with E-state index in [0.717, 1.165) is 5.56 Å². The van der Waals surface area contributed by atoms with Crippen LogP contribution in [0.3, 0.4) is 0 Å². The van der Waals surface area contributed by atoms with E-state index in [4.69, 9.17) is 0 Å². The molecule has 0 fully saturated rings. The molecule has 5 heteroatoms. The van der Waals surface area contributed by atoms with E-state index in [9.17, 15) is 10.0 Å². The first-order valence-electron chi connectivity index (χ1n) is 8.15. The second-order valence-electron chi connectivity index (χ2n) is 7.46. The summed E-state index contributed by atoms with van der Waals surface area (Å²) in [5.41, 5.74) is 3.50. The standard InChI is InChI=1S/C16H32BNO2Si/c1-11(2)15-9-18(10-16(15)17(19)20)21(12(3)4,13(5)6)14(7)8/h9-14,19-20H,1-8H3. The number of nitrogens with zero attached hydrogens (tertiary/aromatic N) is 1. The summed E-state index contributed by atoms with van der Waals surface area (Å²) in [5.74, 6) is 0.293. The molecule has 1 rings (SSSR count). The van der Waals surface area contributed by atoms with Gasteiger partial charge in [-0.2, -0.15) is 0 Å². The summed E-state index contributed by atoms with van der Waals surface area (Å²) in [7, 11) is -3.20. The van der Waals surface area contributed by atoms with Crippen molar-refractivity contribution in [3.63, 3.8) is 0 Å². The fourth-order valence-corrected chi connectivity index (χ4v) is 10.8. The van der Waals surface area contributed by atoms with Crippen molar-refractivity contribution in [1.82, 2.24) is 4.23 Å². The van der Waals surface area contributed by atoms with Crippen molar-refractivity contribution in [2.24, 2.45) is 0 Å². The minimum absolute atomic E-state index is 0.293. The number of aromatic nitrogens is 1. The van der Waals surface area contributed by atoms with Crippen LogP contribution in [0.15, 0.2) is 12.4 Å². The Morgan fingerprint density at radius 2 is 1.29 bits per heavy atom. The maximum absolute atomic E-state index is 9.71. The molecule has 0 aliphatic rings. The first kappa shape index (κ1) is 18.5. The summed E-state index contributed by atoms with van der Waals surface area (Å²) >= 11 is 0. The van der Waals surface area contributed by atoms with Gasteiger partial charge in [0.25, 0.3) is 0 Å². The Bertz CT molecular complexity index is 420. The largest absolute Gasteiger partial charge is 0.490 e. The van der Waals surface area contributed by atoms with E-state index in [1.807, 2.05) is 6.20 Å². The molecule has 1 aromatic rings. The molecule has 0 unspecified atom stereocenters. The molecular weight excluding hydrogens is 277 g/mol. The molecular formula is C16H32BNO2Si. The quantitative estimate of drug-likeness (QED) is 0.792. The molecule has 1 aromatic heterocycles. The zero-order valence-corrected chi connectivity index (χ0v) is 15.9. The first-order valence-corrected chi connectivity index (χ1v) is 10.3. The van der Waals surface area contributed by atoms with Gasteiger partial charge in [-0.15, -0.1) is 0 Å². The highest BCUT2D eigenvalue weighted by Gasteiger charge is 2.45. The zero-order valence-electron chi connectivity index (χ0n) is 14.9. The molecule has 0 spiro atoms. The normalized spacial score (nSPS) is 13.0. The van der Waals surface area contributed by atoms with Gasteiger partial charge in [0.2, 0.25) is 0 Å². The van der Waals surface area contributed by atoms with Crippen molar-refractivity contribution < 1.29 is 10.0 Å². The highest BCUT2D eigenvalue weighted by molar-refractivity contribution is 6.82. The van der Waals surface area contributed by atoms with Crippen molar-refractivity contribution in [1.29, 1.82) is 0 Å². The predicted molar refractivity (Wildman–Crippen MR) is 94.8 cm³/mol. The first-order chi connectivity index (χ1) is 9.56. The van der Waals surface area contributed by atoms with Crippen molar-refractivity contribution in [3.05, 3.63) is 18.0 Å². The number of rotatable bonds is 6. The van der Waals surface area contributed by atoms with Crippen molar-refractivity contribution in [2.45, 2.75) is 77.9 Å². The van der Waals surface area contributed by atoms with Crippen LogP contribution in [0.2, 0.25) is 16.6 Å². The van der Waals surface area contributed by atoms with Crippen LogP contribution in [0.25, 0.3) is 0 Å². The van der Waals surface area contributed by atoms with Gasteiger partial charge in [-0.05, 0) is 40.5 Å². The Morgan fingerprint density at radius 3 is 1.52 bits per heavy atom. The monoisotopic (exact) mass is 309 g/mol. The maximum Gasteiger partial charge on any atom is 0.490 e. The van der Waals surface area contributed by atoms with Crippen LogP contribution in [-0.4, -0.2) is 29.6 Å². The van der Waals surface area contributed by atoms with Gasteiger partial charge in [-0.25, -0.2) is 0 Å². The molecule has 120 valence electrons. The predicted octanol–water partition coefficient (Wildman–Crippen LogP) is 3.31. The van der Waals surface area contributed by atoms with Crippen molar-refractivity contribution in [2.75, 3.05) is 0 Å². The summed E-state index contributed by atoms with van der Waals surface area (Å²) < 4.78 is 2.39. The highest BCUT2D eigenvalue weighted by atomic mass is 28.3. The van der Waals surface area contributed by atoms with E-state index in [1.54, 1.807) is 0 Å². The molecule has 0 aliphatic carbocycles. The fraction of sp³-hybridized carbons (Fsp3) is 0.750. The van der Waals surface area contributed by atoms with E-state index in [0.29, 0.717) is 28.0 Å². The van der Waals surface area contributed by atoms with Crippen LogP contribution in [0.4, 0.5) is 0 Å². The summed E-state index contributed by atoms with van der Waals surface area (Å²) in [4.78, 5) is 0. The summed E-state index contributed by atoms with van der Waals surface area (Å²) in [6, 6.07) is 0. The number of hydrogen-bond donors (Lipinski definition) is 2. The van der Waals surface area contributed by atoms with Crippen LogP contribution in [0, 0.1) is 0 Å². The number of hydrogen-bond acceptors (Lipinski definition) is 2. The van der Waals surface area contributed by atoms with Gasteiger partial charge < -0.3 is 14.3 Å². The van der Waals surface area contributed by atoms with Crippen LogP contribution in [-0.2, 0) is 0 Å². The van der Waals surface area contributed by atoms with Gasteiger partial charge >= 0.3 is 7.12 Å². The summed E-state index contributed by atoms with van der Waals surface area (Å²) in [6.45, 7) is 18.1. The van der Waals surface area contributed by atoms with Crippen molar-refractivity contribution >= 4 is 20.8 Å².